The van der Waals surface area contributed by atoms with Crippen LogP contribution in [0, 0.1) is 0 Å². The maximum Gasteiger partial charge on any atom is 0.337 e. The van der Waals surface area contributed by atoms with Crippen LogP contribution in [0.5, 0.6) is 28.7 Å². The van der Waals surface area contributed by atoms with E-state index in [1.165, 1.54) is 41.8 Å². The molecule has 0 bridgehead atoms. The predicted octanol–water partition coefficient (Wildman–Crippen LogP) is 2.05. The molecule has 0 spiro atoms. The molecule has 13 nitrogen and oxygen atoms in total. The Morgan fingerprint density at radius 2 is 1.62 bits per heavy atom. The zero-order chi connectivity index (χ0) is 28.5. The molecule has 0 fully saturated rings. The number of nitrogens with zero attached hydrogens (tertiary/aromatic N) is 1. The van der Waals surface area contributed by atoms with E-state index < -0.39 is 23.9 Å². The second kappa shape index (κ2) is 13.0. The Balaban J connectivity index is 1.68. The molecular weight excluding hydrogens is 512 g/mol. The van der Waals surface area contributed by atoms with Crippen molar-refractivity contribution in [3.63, 3.8) is 0 Å². The average molecular weight is 543 g/mol. The van der Waals surface area contributed by atoms with Crippen molar-refractivity contribution in [1.29, 1.82) is 0 Å². The molecule has 39 heavy (non-hydrogen) atoms. The van der Waals surface area contributed by atoms with Gasteiger partial charge >= 0.3 is 12.0 Å². The van der Waals surface area contributed by atoms with Crippen LogP contribution in [-0.2, 0) is 14.3 Å². The Morgan fingerprint density at radius 1 is 0.949 bits per heavy atom. The summed E-state index contributed by atoms with van der Waals surface area (Å²) in [7, 11) is 7.18. The molecule has 2 aromatic rings. The van der Waals surface area contributed by atoms with Crippen LogP contribution in [0.4, 0.5) is 4.79 Å². The zero-order valence-electron chi connectivity index (χ0n) is 22.4. The van der Waals surface area contributed by atoms with Gasteiger partial charge in [0.05, 0.1) is 53.4 Å². The summed E-state index contributed by atoms with van der Waals surface area (Å²) in [5.41, 5.74) is 4.15. The number of allylic oxidation sites excluding steroid dienone is 1. The van der Waals surface area contributed by atoms with Gasteiger partial charge in [-0.25, -0.2) is 15.0 Å². The number of hydrogen-bond donors (Lipinski definition) is 3. The number of esters is 1. The SMILES string of the molecule is COC(=O)C1=C(C)NC(=O)N[C@@H]1c1ccc(OCC(=O)N/N=C\c2cc(OC)c(OC)c(OC)c2)c(OC)c1. The molecule has 1 heterocycles. The van der Waals surface area contributed by atoms with Crippen molar-refractivity contribution in [3.8, 4) is 28.7 Å². The van der Waals surface area contributed by atoms with Crippen molar-refractivity contribution in [1.82, 2.24) is 16.1 Å². The van der Waals surface area contributed by atoms with Gasteiger partial charge in [0.15, 0.2) is 29.6 Å². The second-order valence-electron chi connectivity index (χ2n) is 8.01. The topological polar surface area (TPSA) is 155 Å². The quantitative estimate of drug-likeness (QED) is 0.220. The molecule has 0 radical (unpaired) electrons. The van der Waals surface area contributed by atoms with Gasteiger partial charge < -0.3 is 39.1 Å². The molecule has 1 aliphatic rings. The van der Waals surface area contributed by atoms with Gasteiger partial charge in [0.2, 0.25) is 5.75 Å². The Labute approximate surface area is 225 Å². The number of rotatable bonds is 11. The smallest absolute Gasteiger partial charge is 0.337 e. The number of ether oxygens (including phenoxy) is 6. The minimum absolute atomic E-state index is 0.247. The van der Waals surface area contributed by atoms with Crippen molar-refractivity contribution in [2.45, 2.75) is 13.0 Å². The lowest BCUT2D eigenvalue weighted by molar-refractivity contribution is -0.136. The van der Waals surface area contributed by atoms with Crippen molar-refractivity contribution in [2.24, 2.45) is 5.10 Å². The Morgan fingerprint density at radius 3 is 2.21 bits per heavy atom. The molecule has 0 aromatic heterocycles. The number of carbonyl (C=O) groups is 3. The van der Waals surface area contributed by atoms with Crippen molar-refractivity contribution >= 4 is 24.1 Å². The van der Waals surface area contributed by atoms with E-state index >= 15 is 0 Å². The fourth-order valence-corrected chi connectivity index (χ4v) is 3.84. The van der Waals surface area contributed by atoms with Gasteiger partial charge in [0.25, 0.3) is 5.91 Å². The predicted molar refractivity (Wildman–Crippen MR) is 139 cm³/mol. The molecule has 0 unspecified atom stereocenters. The number of nitrogens with one attached hydrogen (secondary N) is 3. The molecule has 13 heteroatoms. The van der Waals surface area contributed by atoms with E-state index in [0.29, 0.717) is 34.1 Å². The molecule has 1 aliphatic heterocycles. The van der Waals surface area contributed by atoms with E-state index in [1.54, 1.807) is 37.3 Å². The lowest BCUT2D eigenvalue weighted by Crippen LogP contribution is -2.45. The largest absolute Gasteiger partial charge is 0.493 e. The number of urea groups is 1. The van der Waals surface area contributed by atoms with E-state index in [1.807, 2.05) is 0 Å². The fourth-order valence-electron chi connectivity index (χ4n) is 3.84. The summed E-state index contributed by atoms with van der Waals surface area (Å²) < 4.78 is 31.8. The highest BCUT2D eigenvalue weighted by Gasteiger charge is 2.32. The molecule has 3 N–H and O–H groups in total. The summed E-state index contributed by atoms with van der Waals surface area (Å²) in [5.74, 6) is 0.759. The van der Waals surface area contributed by atoms with E-state index in [0.717, 1.165) is 0 Å². The maximum absolute atomic E-state index is 12.3. The third kappa shape index (κ3) is 6.69. The number of carbonyl (C=O) groups excluding carboxylic acids is 3. The van der Waals surface area contributed by atoms with Crippen LogP contribution in [0.15, 0.2) is 46.7 Å². The summed E-state index contributed by atoms with van der Waals surface area (Å²) >= 11 is 0. The summed E-state index contributed by atoms with van der Waals surface area (Å²) in [4.78, 5) is 36.7. The minimum atomic E-state index is -0.776. The van der Waals surface area contributed by atoms with Crippen LogP contribution in [-0.4, -0.2) is 66.3 Å². The molecular formula is C26H30N4O9. The first kappa shape index (κ1) is 28.6. The standard InChI is InChI=1S/C26H30N4O9/c1-14-22(25(32)38-6)23(29-26(33)28-14)16-7-8-17(18(11-16)34-2)39-13-21(31)30-27-12-15-9-19(35-3)24(37-5)20(10-15)36-4/h7-12,23H,13H2,1-6H3,(H,30,31)(H2,28,29,33)/b27-12-/t23-/m1/s1. The lowest BCUT2D eigenvalue weighted by Gasteiger charge is -2.28. The van der Waals surface area contributed by atoms with E-state index in [9.17, 15) is 14.4 Å². The maximum atomic E-state index is 12.3. The molecule has 1 atom stereocenters. The molecule has 0 aliphatic carbocycles. The highest BCUT2D eigenvalue weighted by Crippen LogP contribution is 2.38. The van der Waals surface area contributed by atoms with Gasteiger partial charge in [0.1, 0.15) is 0 Å². The Kier molecular flexibility index (Phi) is 9.57. The van der Waals surface area contributed by atoms with E-state index in [4.69, 9.17) is 28.4 Å². The summed E-state index contributed by atoms with van der Waals surface area (Å²) in [6, 6.07) is 6.92. The Hall–Kier alpha value is -4.94. The average Bonchev–Trinajstić information content (AvgIpc) is 2.94. The monoisotopic (exact) mass is 542 g/mol. The van der Waals surface area contributed by atoms with Crippen LogP contribution >= 0.6 is 0 Å². The van der Waals surface area contributed by atoms with Gasteiger partial charge in [-0.15, -0.1) is 0 Å². The normalized spacial score (nSPS) is 14.7. The minimum Gasteiger partial charge on any atom is -0.493 e. The van der Waals surface area contributed by atoms with Gasteiger partial charge in [0, 0.05) is 11.3 Å². The molecule has 208 valence electrons. The van der Waals surface area contributed by atoms with Crippen LogP contribution in [0.2, 0.25) is 0 Å². The summed E-state index contributed by atoms with van der Waals surface area (Å²) in [5, 5.41) is 9.20. The van der Waals surface area contributed by atoms with E-state index in [-0.39, 0.29) is 23.7 Å². The van der Waals surface area contributed by atoms with Gasteiger partial charge in [-0.1, -0.05) is 6.07 Å². The summed E-state index contributed by atoms with van der Waals surface area (Å²) in [6.45, 7) is 1.24. The van der Waals surface area contributed by atoms with Crippen LogP contribution in [0.1, 0.15) is 24.1 Å². The number of benzene rings is 2. The highest BCUT2D eigenvalue weighted by atomic mass is 16.5. The first-order chi connectivity index (χ1) is 18.8. The molecule has 3 rings (SSSR count). The van der Waals surface area contributed by atoms with Gasteiger partial charge in [-0.05, 0) is 36.8 Å². The first-order valence-corrected chi connectivity index (χ1v) is 11.5. The zero-order valence-corrected chi connectivity index (χ0v) is 22.4. The number of hydrazone groups is 1. The highest BCUT2D eigenvalue weighted by molar-refractivity contribution is 5.95. The fraction of sp³-hybridized carbons (Fsp3) is 0.308. The molecule has 2 aromatic carbocycles. The van der Waals surface area contributed by atoms with Crippen molar-refractivity contribution in [2.75, 3.05) is 42.2 Å². The Bertz CT molecular complexity index is 1280. The van der Waals surface area contributed by atoms with Crippen LogP contribution < -0.4 is 39.7 Å². The lowest BCUT2D eigenvalue weighted by atomic mass is 9.95. The first-order valence-electron chi connectivity index (χ1n) is 11.5. The van der Waals surface area contributed by atoms with Crippen molar-refractivity contribution in [3.05, 3.63) is 52.7 Å². The molecule has 0 saturated heterocycles. The molecule has 3 amide bonds. The van der Waals surface area contributed by atoms with Crippen molar-refractivity contribution < 1.29 is 42.8 Å². The number of methoxy groups -OCH3 is 5. The van der Waals surface area contributed by atoms with Crippen LogP contribution in [0.3, 0.4) is 0 Å². The van der Waals surface area contributed by atoms with Gasteiger partial charge in [-0.3, -0.25) is 4.79 Å². The second-order valence-corrected chi connectivity index (χ2v) is 8.01. The number of hydrogen-bond acceptors (Lipinski definition) is 10. The third-order valence-corrected chi connectivity index (χ3v) is 5.64. The van der Waals surface area contributed by atoms with E-state index in [2.05, 4.69) is 21.2 Å². The van der Waals surface area contributed by atoms with Crippen LogP contribution in [0.25, 0.3) is 0 Å². The summed E-state index contributed by atoms with van der Waals surface area (Å²) in [6.07, 6.45) is 1.42. The van der Waals surface area contributed by atoms with Gasteiger partial charge in [-0.2, -0.15) is 5.10 Å². The molecule has 0 saturated carbocycles. The number of amides is 3. The third-order valence-electron chi connectivity index (χ3n) is 5.64.